The van der Waals surface area contributed by atoms with E-state index in [-0.39, 0.29) is 0 Å². The molecule has 2 aliphatic rings. The normalized spacial score (nSPS) is 31.6. The van der Waals surface area contributed by atoms with Crippen molar-refractivity contribution in [1.29, 1.82) is 0 Å². The van der Waals surface area contributed by atoms with Gasteiger partial charge in [-0.15, -0.1) is 0 Å². The van der Waals surface area contributed by atoms with E-state index in [9.17, 15) is 0 Å². The Morgan fingerprint density at radius 3 is 3.18 bits per heavy atom. The SMILES string of the molecule is c1ccc2c(c1)OC[C@@H]1OC21. The summed E-state index contributed by atoms with van der Waals surface area (Å²) in [5.74, 6) is 0.992. The Balaban J connectivity index is 2.14. The van der Waals surface area contributed by atoms with Crippen LogP contribution in [0.1, 0.15) is 11.7 Å². The summed E-state index contributed by atoms with van der Waals surface area (Å²) in [7, 11) is 0. The predicted molar refractivity (Wildman–Crippen MR) is 39.6 cm³/mol. The maximum Gasteiger partial charge on any atom is 0.125 e. The molecule has 2 nitrogen and oxygen atoms in total. The molecule has 0 spiro atoms. The Kier molecular flexibility index (Phi) is 0.902. The minimum absolute atomic E-state index is 0.333. The molecular formula is C9H8O2. The van der Waals surface area contributed by atoms with Crippen molar-refractivity contribution < 1.29 is 9.47 Å². The largest absolute Gasteiger partial charge is 0.490 e. The van der Waals surface area contributed by atoms with Crippen LogP contribution in [-0.2, 0) is 4.74 Å². The summed E-state index contributed by atoms with van der Waals surface area (Å²) in [6.45, 7) is 0.724. The highest BCUT2D eigenvalue weighted by molar-refractivity contribution is 5.39. The van der Waals surface area contributed by atoms with Gasteiger partial charge in [0.15, 0.2) is 0 Å². The molecule has 2 heterocycles. The van der Waals surface area contributed by atoms with E-state index in [0.717, 1.165) is 12.4 Å². The van der Waals surface area contributed by atoms with E-state index in [1.807, 2.05) is 18.2 Å². The molecule has 1 saturated heterocycles. The third kappa shape index (κ3) is 0.701. The molecule has 0 radical (unpaired) electrons. The number of rotatable bonds is 0. The number of epoxide rings is 1. The molecule has 0 saturated carbocycles. The Morgan fingerprint density at radius 1 is 1.27 bits per heavy atom. The van der Waals surface area contributed by atoms with Crippen molar-refractivity contribution in [2.75, 3.05) is 6.61 Å². The third-order valence-corrected chi connectivity index (χ3v) is 2.21. The van der Waals surface area contributed by atoms with Gasteiger partial charge < -0.3 is 9.47 Å². The van der Waals surface area contributed by atoms with Crippen molar-refractivity contribution >= 4 is 0 Å². The number of hydrogen-bond donors (Lipinski definition) is 0. The monoisotopic (exact) mass is 148 g/mol. The number of benzene rings is 1. The first-order valence-corrected chi connectivity index (χ1v) is 3.82. The zero-order valence-corrected chi connectivity index (χ0v) is 5.99. The van der Waals surface area contributed by atoms with Crippen LogP contribution in [0.5, 0.6) is 5.75 Å². The second kappa shape index (κ2) is 1.77. The predicted octanol–water partition coefficient (Wildman–Crippen LogP) is 1.52. The molecule has 56 valence electrons. The van der Waals surface area contributed by atoms with E-state index in [2.05, 4.69) is 6.07 Å². The van der Waals surface area contributed by atoms with E-state index in [0.29, 0.717) is 12.2 Å². The van der Waals surface area contributed by atoms with Crippen LogP contribution >= 0.6 is 0 Å². The van der Waals surface area contributed by atoms with Crippen molar-refractivity contribution in [2.24, 2.45) is 0 Å². The zero-order chi connectivity index (χ0) is 7.26. The van der Waals surface area contributed by atoms with E-state index in [4.69, 9.17) is 9.47 Å². The molecule has 0 aliphatic carbocycles. The second-order valence-electron chi connectivity index (χ2n) is 2.94. The van der Waals surface area contributed by atoms with Gasteiger partial charge in [0.05, 0.1) is 0 Å². The number of para-hydroxylation sites is 1. The van der Waals surface area contributed by atoms with Crippen LogP contribution in [0.25, 0.3) is 0 Å². The van der Waals surface area contributed by atoms with Crippen molar-refractivity contribution in [3.05, 3.63) is 29.8 Å². The molecule has 2 atom stereocenters. The Hall–Kier alpha value is -1.02. The fourth-order valence-electron chi connectivity index (χ4n) is 1.56. The zero-order valence-electron chi connectivity index (χ0n) is 5.99. The summed E-state index contributed by atoms with van der Waals surface area (Å²) >= 11 is 0. The van der Waals surface area contributed by atoms with Crippen LogP contribution in [0.3, 0.4) is 0 Å². The van der Waals surface area contributed by atoms with E-state index < -0.39 is 0 Å². The molecular weight excluding hydrogens is 140 g/mol. The van der Waals surface area contributed by atoms with E-state index in [1.165, 1.54) is 5.56 Å². The lowest BCUT2D eigenvalue weighted by molar-refractivity contribution is 0.267. The van der Waals surface area contributed by atoms with Crippen molar-refractivity contribution in [2.45, 2.75) is 12.2 Å². The van der Waals surface area contributed by atoms with Crippen molar-refractivity contribution in [1.82, 2.24) is 0 Å². The van der Waals surface area contributed by atoms with Crippen LogP contribution in [0, 0.1) is 0 Å². The minimum atomic E-state index is 0.333. The van der Waals surface area contributed by atoms with Crippen LogP contribution < -0.4 is 4.74 Å². The van der Waals surface area contributed by atoms with Gasteiger partial charge in [0, 0.05) is 5.56 Å². The summed E-state index contributed by atoms with van der Waals surface area (Å²) in [6.07, 6.45) is 0.671. The number of fused-ring (bicyclic) bond motifs is 3. The molecule has 0 aromatic heterocycles. The smallest absolute Gasteiger partial charge is 0.125 e. The maximum absolute atomic E-state index is 5.45. The molecule has 1 aromatic carbocycles. The fourth-order valence-corrected chi connectivity index (χ4v) is 1.56. The first-order chi connectivity index (χ1) is 5.45. The van der Waals surface area contributed by atoms with Crippen LogP contribution in [-0.4, -0.2) is 12.7 Å². The van der Waals surface area contributed by atoms with Gasteiger partial charge in [-0.05, 0) is 6.07 Å². The lowest BCUT2D eigenvalue weighted by Gasteiger charge is -2.12. The Morgan fingerprint density at radius 2 is 2.18 bits per heavy atom. The first-order valence-electron chi connectivity index (χ1n) is 3.82. The van der Waals surface area contributed by atoms with Crippen LogP contribution in [0.15, 0.2) is 24.3 Å². The van der Waals surface area contributed by atoms with Gasteiger partial charge in [0.2, 0.25) is 0 Å². The van der Waals surface area contributed by atoms with Gasteiger partial charge in [-0.1, -0.05) is 18.2 Å². The minimum Gasteiger partial charge on any atom is -0.490 e. The molecule has 0 bridgehead atoms. The van der Waals surface area contributed by atoms with Gasteiger partial charge in [0.1, 0.15) is 24.6 Å². The summed E-state index contributed by atoms with van der Waals surface area (Å²) in [6, 6.07) is 8.07. The van der Waals surface area contributed by atoms with Crippen molar-refractivity contribution in [3.63, 3.8) is 0 Å². The molecule has 3 rings (SSSR count). The van der Waals surface area contributed by atoms with Crippen molar-refractivity contribution in [3.8, 4) is 5.75 Å². The summed E-state index contributed by atoms with van der Waals surface area (Å²) < 4.78 is 10.8. The number of hydrogen-bond acceptors (Lipinski definition) is 2. The Bertz CT molecular complexity index is 295. The second-order valence-corrected chi connectivity index (χ2v) is 2.94. The summed E-state index contributed by atoms with van der Waals surface area (Å²) in [4.78, 5) is 0. The molecule has 0 amide bonds. The van der Waals surface area contributed by atoms with Gasteiger partial charge in [-0.25, -0.2) is 0 Å². The third-order valence-electron chi connectivity index (χ3n) is 2.21. The quantitative estimate of drug-likeness (QED) is 0.520. The molecule has 2 aliphatic heterocycles. The Labute approximate surface area is 64.7 Å². The summed E-state index contributed by atoms with van der Waals surface area (Å²) in [5.41, 5.74) is 1.21. The molecule has 1 aromatic rings. The van der Waals surface area contributed by atoms with Gasteiger partial charge in [-0.3, -0.25) is 0 Å². The average molecular weight is 148 g/mol. The standard InChI is InChI=1S/C9H8O2/c1-2-4-7-6(3-1)9-8(11-9)5-10-7/h1-4,8-9H,5H2/t8-,9?/m0/s1. The maximum atomic E-state index is 5.45. The highest BCUT2D eigenvalue weighted by atomic mass is 16.6. The summed E-state index contributed by atoms with van der Waals surface area (Å²) in [5, 5.41) is 0. The van der Waals surface area contributed by atoms with Gasteiger partial charge in [0.25, 0.3) is 0 Å². The van der Waals surface area contributed by atoms with E-state index >= 15 is 0 Å². The lowest BCUT2D eigenvalue weighted by atomic mass is 10.1. The van der Waals surface area contributed by atoms with Crippen LogP contribution in [0.2, 0.25) is 0 Å². The van der Waals surface area contributed by atoms with E-state index in [1.54, 1.807) is 0 Å². The molecule has 11 heavy (non-hydrogen) atoms. The topological polar surface area (TPSA) is 21.8 Å². The van der Waals surface area contributed by atoms with Gasteiger partial charge >= 0.3 is 0 Å². The molecule has 1 unspecified atom stereocenters. The van der Waals surface area contributed by atoms with Crippen LogP contribution in [0.4, 0.5) is 0 Å². The molecule has 2 heteroatoms. The lowest BCUT2D eigenvalue weighted by Crippen LogP contribution is -2.11. The molecule has 0 N–H and O–H groups in total. The molecule has 1 fully saturated rings. The highest BCUT2D eigenvalue weighted by Crippen LogP contribution is 2.46. The fraction of sp³-hybridized carbons (Fsp3) is 0.333. The highest BCUT2D eigenvalue weighted by Gasteiger charge is 2.45. The first kappa shape index (κ1) is 5.61. The average Bonchev–Trinajstić information content (AvgIpc) is 2.83. The number of ether oxygens (including phenoxy) is 2. The van der Waals surface area contributed by atoms with Gasteiger partial charge in [-0.2, -0.15) is 0 Å².